The number of hydrogen-bond acceptors (Lipinski definition) is 4. The van der Waals surface area contributed by atoms with Crippen LogP contribution in [0, 0.1) is 0 Å². The number of anilines is 2. The molecular formula is C22H22F2N2O2S. The number of benzene rings is 2. The van der Waals surface area contributed by atoms with E-state index in [0.717, 1.165) is 29.2 Å². The number of alkyl halides is 2. The minimum atomic E-state index is -2.46. The molecule has 152 valence electrons. The number of thioether (sulfide) groups is 1. The fraction of sp³-hybridized carbons (Fsp3) is 0.227. The molecule has 0 aliphatic carbocycles. The van der Waals surface area contributed by atoms with Crippen molar-refractivity contribution in [2.75, 3.05) is 10.6 Å². The van der Waals surface area contributed by atoms with Gasteiger partial charge in [-0.3, -0.25) is 4.79 Å². The topological polar surface area (TPSA) is 54.3 Å². The maximum Gasteiger partial charge on any atom is 0.288 e. The third kappa shape index (κ3) is 6.64. The second kappa shape index (κ2) is 10.1. The molecule has 3 rings (SSSR count). The number of furan rings is 1. The van der Waals surface area contributed by atoms with Crippen molar-refractivity contribution in [1.29, 1.82) is 0 Å². The smallest absolute Gasteiger partial charge is 0.288 e. The van der Waals surface area contributed by atoms with Gasteiger partial charge in [-0.15, -0.1) is 0 Å². The van der Waals surface area contributed by atoms with Gasteiger partial charge in [0.05, 0.1) is 13.0 Å². The van der Waals surface area contributed by atoms with Crippen molar-refractivity contribution in [3.05, 3.63) is 77.7 Å². The van der Waals surface area contributed by atoms with Crippen LogP contribution in [0.3, 0.4) is 0 Å². The van der Waals surface area contributed by atoms with E-state index in [9.17, 15) is 13.6 Å². The molecule has 29 heavy (non-hydrogen) atoms. The molecule has 0 saturated heterocycles. The molecule has 0 saturated carbocycles. The lowest BCUT2D eigenvalue weighted by molar-refractivity contribution is -0.115. The van der Waals surface area contributed by atoms with E-state index in [1.54, 1.807) is 24.3 Å². The first kappa shape index (κ1) is 20.9. The fourth-order valence-corrected chi connectivity index (χ4v) is 3.25. The first-order valence-corrected chi connectivity index (χ1v) is 10.1. The molecule has 0 aliphatic heterocycles. The molecule has 3 aromatic rings. The molecule has 1 amide bonds. The molecule has 1 heterocycles. The summed E-state index contributed by atoms with van der Waals surface area (Å²) in [6, 6.07) is 17.9. The van der Waals surface area contributed by atoms with E-state index < -0.39 is 5.76 Å². The number of hydrogen-bond donors (Lipinski definition) is 2. The van der Waals surface area contributed by atoms with Gasteiger partial charge < -0.3 is 15.1 Å². The Morgan fingerprint density at radius 1 is 0.966 bits per heavy atom. The van der Waals surface area contributed by atoms with Crippen LogP contribution in [0.1, 0.15) is 24.0 Å². The van der Waals surface area contributed by atoms with Crippen molar-refractivity contribution in [2.45, 2.75) is 37.0 Å². The molecule has 0 fully saturated rings. The van der Waals surface area contributed by atoms with Crippen LogP contribution in [-0.2, 0) is 24.2 Å². The third-order valence-corrected chi connectivity index (χ3v) is 4.94. The number of carbonyl (C=O) groups is 1. The van der Waals surface area contributed by atoms with Crippen LogP contribution >= 0.6 is 11.8 Å². The lowest BCUT2D eigenvalue weighted by Crippen LogP contribution is -2.14. The highest BCUT2D eigenvalue weighted by molar-refractivity contribution is 7.99. The van der Waals surface area contributed by atoms with Crippen molar-refractivity contribution in [1.82, 2.24) is 0 Å². The zero-order valence-corrected chi connectivity index (χ0v) is 16.8. The molecule has 2 aromatic carbocycles. The number of carbonyl (C=O) groups excluding carboxylic acids is 1. The number of nitrogens with one attached hydrogen (secondary N) is 2. The van der Waals surface area contributed by atoms with E-state index in [4.69, 9.17) is 4.42 Å². The van der Waals surface area contributed by atoms with E-state index in [1.165, 1.54) is 0 Å². The maximum absolute atomic E-state index is 12.3. The van der Waals surface area contributed by atoms with Gasteiger partial charge in [0, 0.05) is 22.7 Å². The summed E-state index contributed by atoms with van der Waals surface area (Å²) in [6.07, 6.45) is 1.10. The number of rotatable bonds is 9. The van der Waals surface area contributed by atoms with Gasteiger partial charge in [0.2, 0.25) is 5.91 Å². The molecule has 0 unspecified atom stereocenters. The fourth-order valence-electron chi connectivity index (χ4n) is 2.75. The first-order valence-electron chi connectivity index (χ1n) is 9.27. The minimum absolute atomic E-state index is 0.164. The zero-order chi connectivity index (χ0) is 20.6. The van der Waals surface area contributed by atoms with Gasteiger partial charge in [0.1, 0.15) is 11.5 Å². The summed E-state index contributed by atoms with van der Waals surface area (Å²) >= 11 is 0.477. The predicted octanol–water partition coefficient (Wildman–Crippen LogP) is 5.95. The Balaban J connectivity index is 1.47. The second-order valence-corrected chi connectivity index (χ2v) is 7.46. The Kier molecular flexibility index (Phi) is 7.30. The van der Waals surface area contributed by atoms with Crippen LogP contribution in [0.25, 0.3) is 0 Å². The maximum atomic E-state index is 12.3. The highest BCUT2D eigenvalue weighted by Gasteiger charge is 2.07. The van der Waals surface area contributed by atoms with Crippen molar-refractivity contribution < 1.29 is 18.0 Å². The Labute approximate surface area is 172 Å². The van der Waals surface area contributed by atoms with Gasteiger partial charge in [-0.1, -0.05) is 30.8 Å². The van der Waals surface area contributed by atoms with Crippen LogP contribution < -0.4 is 10.6 Å². The second-order valence-electron chi connectivity index (χ2n) is 6.40. The molecule has 2 N–H and O–H groups in total. The summed E-state index contributed by atoms with van der Waals surface area (Å²) in [4.78, 5) is 12.7. The molecule has 0 bridgehead atoms. The summed E-state index contributed by atoms with van der Waals surface area (Å²) < 4.78 is 30.3. The lowest BCUT2D eigenvalue weighted by atomic mass is 10.1. The highest BCUT2D eigenvalue weighted by Crippen LogP contribution is 2.26. The van der Waals surface area contributed by atoms with Crippen molar-refractivity contribution in [2.24, 2.45) is 0 Å². The predicted molar refractivity (Wildman–Crippen MR) is 112 cm³/mol. The monoisotopic (exact) mass is 416 g/mol. The Hall–Kier alpha value is -2.80. The molecular weight excluding hydrogens is 394 g/mol. The van der Waals surface area contributed by atoms with Gasteiger partial charge in [-0.2, -0.15) is 8.78 Å². The molecule has 0 atom stereocenters. The normalized spacial score (nSPS) is 10.9. The SMILES string of the molecule is CCc1ccc(CNc2ccc(CC(=O)Nc3ccc(SC(F)F)cc3)cc2)o1. The highest BCUT2D eigenvalue weighted by atomic mass is 32.2. The van der Waals surface area contributed by atoms with Gasteiger partial charge in [-0.25, -0.2) is 0 Å². The van der Waals surface area contributed by atoms with Crippen LogP contribution in [0.2, 0.25) is 0 Å². The van der Waals surface area contributed by atoms with E-state index >= 15 is 0 Å². The summed E-state index contributed by atoms with van der Waals surface area (Å²) in [7, 11) is 0. The molecule has 4 nitrogen and oxygen atoms in total. The number of aryl methyl sites for hydroxylation is 1. The van der Waals surface area contributed by atoms with Crippen LogP contribution in [0.4, 0.5) is 20.2 Å². The number of halogens is 2. The van der Waals surface area contributed by atoms with Crippen LogP contribution in [0.15, 0.2) is 70.0 Å². The van der Waals surface area contributed by atoms with E-state index in [0.29, 0.717) is 28.9 Å². The van der Waals surface area contributed by atoms with Crippen molar-refractivity contribution in [3.8, 4) is 0 Å². The average molecular weight is 416 g/mol. The van der Waals surface area contributed by atoms with E-state index in [1.807, 2.05) is 43.3 Å². The quantitative estimate of drug-likeness (QED) is 0.423. The molecule has 0 radical (unpaired) electrons. The van der Waals surface area contributed by atoms with Crippen molar-refractivity contribution in [3.63, 3.8) is 0 Å². The standard InChI is InChI=1S/C22H22F2N2O2S/c1-2-18-9-10-19(28-18)14-25-16-5-3-15(4-6-16)13-21(27)26-17-7-11-20(12-8-17)29-22(23)24/h3-12,22,25H,2,13-14H2,1H3,(H,26,27). The molecule has 0 spiro atoms. The first-order chi connectivity index (χ1) is 14.0. The Morgan fingerprint density at radius 2 is 1.62 bits per heavy atom. The molecule has 1 aromatic heterocycles. The molecule has 7 heteroatoms. The summed E-state index contributed by atoms with van der Waals surface area (Å²) in [6.45, 7) is 2.64. The summed E-state index contributed by atoms with van der Waals surface area (Å²) in [5.41, 5.74) is 2.40. The van der Waals surface area contributed by atoms with Gasteiger partial charge in [0.25, 0.3) is 5.76 Å². The zero-order valence-electron chi connectivity index (χ0n) is 16.0. The average Bonchev–Trinajstić information content (AvgIpc) is 3.17. The summed E-state index contributed by atoms with van der Waals surface area (Å²) in [5.74, 6) is -0.780. The van der Waals surface area contributed by atoms with E-state index in [-0.39, 0.29) is 12.3 Å². The van der Waals surface area contributed by atoms with E-state index in [2.05, 4.69) is 10.6 Å². The minimum Gasteiger partial charge on any atom is -0.464 e. The van der Waals surface area contributed by atoms with Crippen LogP contribution in [-0.4, -0.2) is 11.7 Å². The van der Waals surface area contributed by atoms with Crippen LogP contribution in [0.5, 0.6) is 0 Å². The van der Waals surface area contributed by atoms with Gasteiger partial charge in [-0.05, 0) is 54.1 Å². The van der Waals surface area contributed by atoms with Crippen molar-refractivity contribution >= 4 is 29.0 Å². The third-order valence-electron chi connectivity index (χ3n) is 4.21. The largest absolute Gasteiger partial charge is 0.464 e. The molecule has 0 aliphatic rings. The number of amides is 1. The Morgan fingerprint density at radius 3 is 2.24 bits per heavy atom. The summed E-state index contributed by atoms with van der Waals surface area (Å²) in [5, 5.41) is 6.06. The Bertz CT molecular complexity index is 925. The lowest BCUT2D eigenvalue weighted by Gasteiger charge is -2.08. The van der Waals surface area contributed by atoms with Gasteiger partial charge >= 0.3 is 0 Å². The van der Waals surface area contributed by atoms with Gasteiger partial charge in [0.15, 0.2) is 0 Å².